The standard InChI is InChI=1S/C22H24ClFN6O3S/c1-15-12-16(23)5-6-17(15)21(31)26-14-22(20-18(24)4-3-9-25-20)7-10-30(11-8-22)34(32,33)19-13-27-28-29(19)2/h3-6,9,12-13H,7-8,10-11,14H2,1-2H3,(H,26,31). The molecule has 1 N–H and O–H groups in total. The van der Waals surface area contributed by atoms with E-state index in [4.69, 9.17) is 11.6 Å². The maximum atomic E-state index is 14.8. The van der Waals surface area contributed by atoms with Crippen LogP contribution in [-0.2, 0) is 22.5 Å². The number of carbonyl (C=O) groups excluding carboxylic acids is 1. The van der Waals surface area contributed by atoms with Crippen molar-refractivity contribution in [2.75, 3.05) is 19.6 Å². The molecule has 1 amide bonds. The molecule has 0 bridgehead atoms. The monoisotopic (exact) mass is 506 g/mol. The van der Waals surface area contributed by atoms with E-state index in [0.717, 1.165) is 0 Å². The topological polar surface area (TPSA) is 110 Å². The molecule has 12 heteroatoms. The molecule has 1 aliphatic heterocycles. The summed E-state index contributed by atoms with van der Waals surface area (Å²) in [5.74, 6) is -0.813. The van der Waals surface area contributed by atoms with Crippen LogP contribution in [0.25, 0.3) is 0 Å². The molecular formula is C22H24ClFN6O3S. The van der Waals surface area contributed by atoms with Crippen LogP contribution >= 0.6 is 11.6 Å². The van der Waals surface area contributed by atoms with E-state index in [9.17, 15) is 17.6 Å². The number of aryl methyl sites for hydroxylation is 2. The molecule has 1 saturated heterocycles. The highest BCUT2D eigenvalue weighted by atomic mass is 35.5. The van der Waals surface area contributed by atoms with Crippen molar-refractivity contribution in [1.29, 1.82) is 0 Å². The van der Waals surface area contributed by atoms with Gasteiger partial charge in [-0.1, -0.05) is 16.8 Å². The van der Waals surface area contributed by atoms with Crippen molar-refractivity contribution >= 4 is 27.5 Å². The molecule has 4 rings (SSSR count). The number of rotatable bonds is 6. The summed E-state index contributed by atoms with van der Waals surface area (Å²) in [6.07, 6.45) is 3.23. The van der Waals surface area contributed by atoms with Gasteiger partial charge in [0.15, 0.2) is 5.03 Å². The smallest absolute Gasteiger partial charge is 0.261 e. The molecule has 1 aromatic carbocycles. The van der Waals surface area contributed by atoms with E-state index in [1.165, 1.54) is 40.6 Å². The molecule has 0 aliphatic carbocycles. The minimum atomic E-state index is -3.82. The second-order valence-electron chi connectivity index (χ2n) is 8.36. The fourth-order valence-electron chi connectivity index (χ4n) is 4.30. The maximum absolute atomic E-state index is 14.8. The zero-order chi connectivity index (χ0) is 24.5. The predicted octanol–water partition coefficient (Wildman–Crippen LogP) is 2.46. The second kappa shape index (κ2) is 9.40. The molecule has 1 aliphatic rings. The Morgan fingerprint density at radius 3 is 2.62 bits per heavy atom. The van der Waals surface area contributed by atoms with E-state index in [-0.39, 0.29) is 49.1 Å². The first kappa shape index (κ1) is 24.2. The zero-order valence-corrected chi connectivity index (χ0v) is 20.3. The Hall–Kier alpha value is -2.89. The molecule has 0 atom stereocenters. The molecule has 2 aromatic heterocycles. The number of halogens is 2. The van der Waals surface area contributed by atoms with Crippen molar-refractivity contribution in [3.63, 3.8) is 0 Å². The Balaban J connectivity index is 1.58. The molecule has 3 heterocycles. The molecular weight excluding hydrogens is 483 g/mol. The molecule has 0 saturated carbocycles. The summed E-state index contributed by atoms with van der Waals surface area (Å²) in [5.41, 5.74) is 0.513. The van der Waals surface area contributed by atoms with Crippen LogP contribution in [0.2, 0.25) is 5.02 Å². The summed E-state index contributed by atoms with van der Waals surface area (Å²) in [6.45, 7) is 2.13. The van der Waals surface area contributed by atoms with Gasteiger partial charge in [-0.3, -0.25) is 9.78 Å². The van der Waals surface area contributed by atoms with Gasteiger partial charge in [-0.05, 0) is 55.7 Å². The van der Waals surface area contributed by atoms with Crippen LogP contribution in [0.15, 0.2) is 47.8 Å². The van der Waals surface area contributed by atoms with Gasteiger partial charge in [-0.25, -0.2) is 17.5 Å². The summed E-state index contributed by atoms with van der Waals surface area (Å²) < 4.78 is 43.5. The van der Waals surface area contributed by atoms with E-state index in [0.29, 0.717) is 16.1 Å². The molecule has 180 valence electrons. The highest BCUT2D eigenvalue weighted by Crippen LogP contribution is 2.37. The Bertz CT molecular complexity index is 1320. The first-order valence-corrected chi connectivity index (χ1v) is 12.5. The van der Waals surface area contributed by atoms with Crippen LogP contribution in [0.5, 0.6) is 0 Å². The second-order valence-corrected chi connectivity index (χ2v) is 10.7. The number of hydrogen-bond donors (Lipinski definition) is 1. The lowest BCUT2D eigenvalue weighted by atomic mass is 9.75. The van der Waals surface area contributed by atoms with Gasteiger partial charge in [0, 0.05) is 48.9 Å². The van der Waals surface area contributed by atoms with Gasteiger partial charge >= 0.3 is 0 Å². The summed E-state index contributed by atoms with van der Waals surface area (Å²) >= 11 is 5.99. The van der Waals surface area contributed by atoms with Crippen molar-refractivity contribution in [3.05, 3.63) is 70.4 Å². The number of carbonyl (C=O) groups is 1. The van der Waals surface area contributed by atoms with Crippen LogP contribution in [-0.4, -0.2) is 58.2 Å². The summed E-state index contributed by atoms with van der Waals surface area (Å²) in [4.78, 5) is 17.2. The van der Waals surface area contributed by atoms with Crippen molar-refractivity contribution in [1.82, 2.24) is 29.6 Å². The van der Waals surface area contributed by atoms with E-state index in [1.807, 2.05) is 0 Å². The number of nitrogens with one attached hydrogen (secondary N) is 1. The lowest BCUT2D eigenvalue weighted by Gasteiger charge is -2.41. The van der Waals surface area contributed by atoms with Crippen molar-refractivity contribution in [2.45, 2.75) is 30.2 Å². The number of benzene rings is 1. The third-order valence-electron chi connectivity index (χ3n) is 6.24. The van der Waals surface area contributed by atoms with Crippen molar-refractivity contribution < 1.29 is 17.6 Å². The summed E-state index contributed by atoms with van der Waals surface area (Å²) in [5, 5.41) is 10.8. The average molecular weight is 507 g/mol. The predicted molar refractivity (Wildman–Crippen MR) is 123 cm³/mol. The van der Waals surface area contributed by atoms with E-state index in [1.54, 1.807) is 25.1 Å². The molecule has 0 unspecified atom stereocenters. The van der Waals surface area contributed by atoms with Crippen molar-refractivity contribution in [3.8, 4) is 0 Å². The van der Waals surface area contributed by atoms with Gasteiger partial charge in [0.25, 0.3) is 15.9 Å². The fourth-order valence-corrected chi connectivity index (χ4v) is 6.01. The Morgan fingerprint density at radius 1 is 1.26 bits per heavy atom. The lowest BCUT2D eigenvalue weighted by molar-refractivity contribution is 0.0930. The molecule has 34 heavy (non-hydrogen) atoms. The normalized spacial score (nSPS) is 16.4. The quantitative estimate of drug-likeness (QED) is 0.550. The SMILES string of the molecule is Cc1cc(Cl)ccc1C(=O)NCC1(c2ncccc2F)CCN(S(=O)(=O)c2cnnn2C)CC1. The Kier molecular flexibility index (Phi) is 6.70. The number of piperidine rings is 1. The molecule has 3 aromatic rings. The zero-order valence-electron chi connectivity index (χ0n) is 18.7. The van der Waals surface area contributed by atoms with Crippen LogP contribution in [0.3, 0.4) is 0 Å². The maximum Gasteiger partial charge on any atom is 0.261 e. The van der Waals surface area contributed by atoms with Crippen LogP contribution in [0, 0.1) is 12.7 Å². The number of pyridine rings is 1. The number of amides is 1. The minimum absolute atomic E-state index is 0.0180. The van der Waals surface area contributed by atoms with E-state index < -0.39 is 21.3 Å². The third kappa shape index (κ3) is 4.55. The molecule has 9 nitrogen and oxygen atoms in total. The van der Waals surface area contributed by atoms with Crippen LogP contribution < -0.4 is 5.32 Å². The number of sulfonamides is 1. The van der Waals surface area contributed by atoms with Gasteiger partial charge in [-0.15, -0.1) is 5.10 Å². The molecule has 0 radical (unpaired) electrons. The first-order valence-electron chi connectivity index (χ1n) is 10.6. The largest absolute Gasteiger partial charge is 0.351 e. The van der Waals surface area contributed by atoms with Crippen LogP contribution in [0.4, 0.5) is 4.39 Å². The Morgan fingerprint density at radius 2 is 2.00 bits per heavy atom. The number of hydrogen-bond acceptors (Lipinski definition) is 6. The van der Waals surface area contributed by atoms with Crippen molar-refractivity contribution in [2.24, 2.45) is 7.05 Å². The average Bonchev–Trinajstić information content (AvgIpc) is 3.25. The van der Waals surface area contributed by atoms with Gasteiger partial charge in [0.1, 0.15) is 5.82 Å². The highest BCUT2D eigenvalue weighted by molar-refractivity contribution is 7.89. The third-order valence-corrected chi connectivity index (χ3v) is 8.42. The fraction of sp³-hybridized carbons (Fsp3) is 0.364. The first-order chi connectivity index (χ1) is 16.1. The van der Waals surface area contributed by atoms with Gasteiger partial charge in [0.2, 0.25) is 0 Å². The summed E-state index contributed by atoms with van der Waals surface area (Å²) in [6, 6.07) is 7.78. The number of nitrogens with zero attached hydrogens (tertiary/aromatic N) is 5. The van der Waals surface area contributed by atoms with Gasteiger partial charge in [0.05, 0.1) is 11.9 Å². The molecule has 1 fully saturated rings. The van der Waals surface area contributed by atoms with Crippen LogP contribution in [0.1, 0.15) is 34.5 Å². The minimum Gasteiger partial charge on any atom is -0.351 e. The van der Waals surface area contributed by atoms with E-state index in [2.05, 4.69) is 20.6 Å². The molecule has 0 spiro atoms. The summed E-state index contributed by atoms with van der Waals surface area (Å²) in [7, 11) is -2.31. The van der Waals surface area contributed by atoms with Gasteiger partial charge in [-0.2, -0.15) is 4.31 Å². The van der Waals surface area contributed by atoms with Gasteiger partial charge < -0.3 is 5.32 Å². The highest BCUT2D eigenvalue weighted by Gasteiger charge is 2.43. The van der Waals surface area contributed by atoms with E-state index >= 15 is 0 Å². The lowest BCUT2D eigenvalue weighted by Crippen LogP contribution is -2.51. The number of aromatic nitrogens is 4. The Labute approximate surface area is 202 Å².